The second-order valence-electron chi connectivity index (χ2n) is 6.64. The van der Waals surface area contributed by atoms with Crippen LogP contribution in [0.25, 0.3) is 11.4 Å². The molecule has 1 atom stereocenters. The molecule has 1 aromatic heterocycles. The van der Waals surface area contributed by atoms with Gasteiger partial charge < -0.3 is 9.42 Å². The molecule has 4 rings (SSSR count). The number of carbonyl (C=O) groups is 1. The number of aromatic nitrogens is 2. The van der Waals surface area contributed by atoms with Gasteiger partial charge in [0.1, 0.15) is 0 Å². The summed E-state index contributed by atoms with van der Waals surface area (Å²) in [6.45, 7) is 4.65. The van der Waals surface area contributed by atoms with Gasteiger partial charge in [-0.1, -0.05) is 35.0 Å². The van der Waals surface area contributed by atoms with Gasteiger partial charge in [-0.25, -0.2) is 0 Å². The largest absolute Gasteiger partial charge is 0.339 e. The lowest BCUT2D eigenvalue weighted by atomic mass is 10.1. The highest BCUT2D eigenvalue weighted by Crippen LogP contribution is 2.32. The SMILES string of the molecule is Cc1ccc(N2CC(c3nc(-c4cccc(Cl)c4)no3)CC2=O)cc1C. The van der Waals surface area contributed by atoms with Gasteiger partial charge in [-0.05, 0) is 49.2 Å². The summed E-state index contributed by atoms with van der Waals surface area (Å²) in [6.07, 6.45) is 0.365. The Morgan fingerprint density at radius 3 is 2.77 bits per heavy atom. The summed E-state index contributed by atoms with van der Waals surface area (Å²) in [5.41, 5.74) is 4.08. The van der Waals surface area contributed by atoms with Crippen molar-refractivity contribution in [1.82, 2.24) is 10.1 Å². The van der Waals surface area contributed by atoms with E-state index < -0.39 is 0 Å². The Morgan fingerprint density at radius 2 is 2.00 bits per heavy atom. The lowest BCUT2D eigenvalue weighted by Gasteiger charge is -2.17. The third kappa shape index (κ3) is 3.10. The van der Waals surface area contributed by atoms with E-state index in [0.29, 0.717) is 29.7 Å². The number of benzene rings is 2. The van der Waals surface area contributed by atoms with E-state index in [1.165, 1.54) is 11.1 Å². The fourth-order valence-electron chi connectivity index (χ4n) is 3.16. The van der Waals surface area contributed by atoms with Crippen molar-refractivity contribution >= 4 is 23.2 Å². The number of amides is 1. The Labute approximate surface area is 156 Å². The molecule has 0 spiro atoms. The summed E-state index contributed by atoms with van der Waals surface area (Å²) < 4.78 is 5.44. The second-order valence-corrected chi connectivity index (χ2v) is 7.08. The van der Waals surface area contributed by atoms with Crippen LogP contribution in [-0.4, -0.2) is 22.6 Å². The highest BCUT2D eigenvalue weighted by atomic mass is 35.5. The minimum atomic E-state index is -0.107. The van der Waals surface area contributed by atoms with Gasteiger partial charge in [0.2, 0.25) is 17.6 Å². The third-order valence-electron chi connectivity index (χ3n) is 4.80. The molecule has 132 valence electrons. The molecular formula is C20H18ClN3O2. The highest BCUT2D eigenvalue weighted by Gasteiger charge is 2.35. The van der Waals surface area contributed by atoms with Gasteiger partial charge in [-0.2, -0.15) is 4.98 Å². The standard InChI is InChI=1S/C20H18ClN3O2/c1-12-6-7-17(8-13(12)2)24-11-15(10-18(24)25)20-22-19(23-26-20)14-4-3-5-16(21)9-14/h3-9,15H,10-11H2,1-2H3. The molecule has 0 bridgehead atoms. The van der Waals surface area contributed by atoms with Crippen LogP contribution in [0.4, 0.5) is 5.69 Å². The van der Waals surface area contributed by atoms with Crippen molar-refractivity contribution in [3.05, 3.63) is 64.5 Å². The highest BCUT2D eigenvalue weighted by molar-refractivity contribution is 6.30. The molecule has 26 heavy (non-hydrogen) atoms. The molecule has 0 radical (unpaired) electrons. The molecule has 1 saturated heterocycles. The number of nitrogens with zero attached hydrogens (tertiary/aromatic N) is 3. The Balaban J connectivity index is 1.56. The van der Waals surface area contributed by atoms with Crippen LogP contribution in [0.5, 0.6) is 0 Å². The zero-order chi connectivity index (χ0) is 18.3. The molecule has 3 aromatic rings. The molecule has 1 amide bonds. The van der Waals surface area contributed by atoms with Gasteiger partial charge in [-0.15, -0.1) is 0 Å². The predicted octanol–water partition coefficient (Wildman–Crippen LogP) is 4.53. The van der Waals surface area contributed by atoms with Gasteiger partial charge >= 0.3 is 0 Å². The van der Waals surface area contributed by atoms with Crippen LogP contribution in [0.3, 0.4) is 0 Å². The van der Waals surface area contributed by atoms with Crippen LogP contribution in [0.2, 0.25) is 5.02 Å². The summed E-state index contributed by atoms with van der Waals surface area (Å²) in [5.74, 6) is 0.935. The molecule has 1 fully saturated rings. The number of anilines is 1. The Kier molecular flexibility index (Phi) is 4.24. The zero-order valence-corrected chi connectivity index (χ0v) is 15.3. The molecule has 0 N–H and O–H groups in total. The predicted molar refractivity (Wildman–Crippen MR) is 100 cm³/mol. The molecular weight excluding hydrogens is 350 g/mol. The summed E-state index contributed by atoms with van der Waals surface area (Å²) in [4.78, 5) is 18.8. The summed E-state index contributed by atoms with van der Waals surface area (Å²) in [6, 6.07) is 13.4. The van der Waals surface area contributed by atoms with Gasteiger partial charge in [0.05, 0.1) is 5.92 Å². The fraction of sp³-hybridized carbons (Fsp3) is 0.250. The second kappa shape index (κ2) is 6.57. The summed E-state index contributed by atoms with van der Waals surface area (Å²) in [5, 5.41) is 4.66. The van der Waals surface area contributed by atoms with Crippen molar-refractivity contribution in [3.8, 4) is 11.4 Å². The molecule has 5 nitrogen and oxygen atoms in total. The molecule has 6 heteroatoms. The Morgan fingerprint density at radius 1 is 1.15 bits per heavy atom. The zero-order valence-electron chi connectivity index (χ0n) is 14.6. The third-order valence-corrected chi connectivity index (χ3v) is 5.04. The topological polar surface area (TPSA) is 59.2 Å². The maximum absolute atomic E-state index is 12.5. The van der Waals surface area contributed by atoms with Crippen molar-refractivity contribution in [2.24, 2.45) is 0 Å². The summed E-state index contributed by atoms with van der Waals surface area (Å²) >= 11 is 6.02. The monoisotopic (exact) mass is 367 g/mol. The number of aryl methyl sites for hydroxylation is 2. The average Bonchev–Trinajstić information content (AvgIpc) is 3.24. The fourth-order valence-corrected chi connectivity index (χ4v) is 3.35. The van der Waals surface area contributed by atoms with Crippen LogP contribution in [0.1, 0.15) is 29.4 Å². The van der Waals surface area contributed by atoms with E-state index in [1.54, 1.807) is 17.0 Å². The van der Waals surface area contributed by atoms with Gasteiger partial charge in [0.15, 0.2) is 0 Å². The minimum Gasteiger partial charge on any atom is -0.339 e. The lowest BCUT2D eigenvalue weighted by molar-refractivity contribution is -0.117. The van der Waals surface area contributed by atoms with Crippen LogP contribution < -0.4 is 4.90 Å². The first-order valence-corrected chi connectivity index (χ1v) is 8.86. The first kappa shape index (κ1) is 16.8. The number of hydrogen-bond acceptors (Lipinski definition) is 4. The van der Waals surface area contributed by atoms with Crippen LogP contribution in [0, 0.1) is 13.8 Å². The van der Waals surface area contributed by atoms with Gasteiger partial charge in [0, 0.05) is 29.2 Å². The van der Waals surface area contributed by atoms with Crippen molar-refractivity contribution in [1.29, 1.82) is 0 Å². The van der Waals surface area contributed by atoms with Gasteiger partial charge in [-0.3, -0.25) is 4.79 Å². The number of hydrogen-bond donors (Lipinski definition) is 0. The van der Waals surface area contributed by atoms with E-state index in [-0.39, 0.29) is 11.8 Å². The number of rotatable bonds is 3. The van der Waals surface area contributed by atoms with E-state index in [4.69, 9.17) is 16.1 Å². The lowest BCUT2D eigenvalue weighted by Crippen LogP contribution is -2.24. The molecule has 0 saturated carbocycles. The smallest absolute Gasteiger partial charge is 0.232 e. The normalized spacial score (nSPS) is 17.1. The minimum absolute atomic E-state index is 0.0701. The Bertz CT molecular complexity index is 983. The average molecular weight is 368 g/mol. The maximum atomic E-state index is 12.5. The molecule has 2 heterocycles. The summed E-state index contributed by atoms with van der Waals surface area (Å²) in [7, 11) is 0. The van der Waals surface area contributed by atoms with Crippen LogP contribution in [-0.2, 0) is 4.79 Å². The maximum Gasteiger partial charge on any atom is 0.232 e. The van der Waals surface area contributed by atoms with Crippen molar-refractivity contribution in [2.45, 2.75) is 26.2 Å². The molecule has 1 aliphatic rings. The first-order chi connectivity index (χ1) is 12.5. The first-order valence-electron chi connectivity index (χ1n) is 8.48. The number of carbonyl (C=O) groups excluding carboxylic acids is 1. The number of halogens is 1. The van der Waals surface area contributed by atoms with Crippen molar-refractivity contribution in [3.63, 3.8) is 0 Å². The Hall–Kier alpha value is -2.66. The molecule has 1 aliphatic heterocycles. The van der Waals surface area contributed by atoms with Crippen LogP contribution >= 0.6 is 11.6 Å². The van der Waals surface area contributed by atoms with Crippen molar-refractivity contribution in [2.75, 3.05) is 11.4 Å². The van der Waals surface area contributed by atoms with E-state index in [9.17, 15) is 4.79 Å². The van der Waals surface area contributed by atoms with E-state index in [1.807, 2.05) is 37.3 Å². The van der Waals surface area contributed by atoms with E-state index in [0.717, 1.165) is 11.3 Å². The molecule has 0 aliphatic carbocycles. The van der Waals surface area contributed by atoms with Crippen molar-refractivity contribution < 1.29 is 9.32 Å². The van der Waals surface area contributed by atoms with Gasteiger partial charge in [0.25, 0.3) is 0 Å². The molecule has 2 aromatic carbocycles. The van der Waals surface area contributed by atoms with E-state index >= 15 is 0 Å². The molecule has 1 unspecified atom stereocenters. The van der Waals surface area contributed by atoms with Crippen LogP contribution in [0.15, 0.2) is 47.0 Å². The quantitative estimate of drug-likeness (QED) is 0.682. The van der Waals surface area contributed by atoms with E-state index in [2.05, 4.69) is 17.1 Å².